The lowest BCUT2D eigenvalue weighted by atomic mass is 10.2. The number of rotatable bonds is 3. The maximum absolute atomic E-state index is 10.8. The third-order valence-electron chi connectivity index (χ3n) is 1.86. The van der Waals surface area contributed by atoms with Crippen LogP contribution in [-0.4, -0.2) is 19.9 Å². The monoisotopic (exact) mass is 207 g/mol. The van der Waals surface area contributed by atoms with Gasteiger partial charge in [0.05, 0.1) is 6.54 Å². The van der Waals surface area contributed by atoms with Crippen molar-refractivity contribution < 1.29 is 4.79 Å². The summed E-state index contributed by atoms with van der Waals surface area (Å²) in [6.45, 7) is 0.461. The molecule has 1 aromatic rings. The number of aldehydes is 1. The maximum atomic E-state index is 10.8. The highest BCUT2D eigenvalue weighted by molar-refractivity contribution is 6.31. The first-order valence-electron chi connectivity index (χ1n) is 4.08. The Bertz CT molecular complexity index is 381. The Morgan fingerprint density at radius 1 is 1.64 bits per heavy atom. The van der Waals surface area contributed by atoms with E-state index in [4.69, 9.17) is 18.0 Å². The van der Waals surface area contributed by atoms with Crippen molar-refractivity contribution in [3.05, 3.63) is 28.8 Å². The molecule has 2 nitrogen and oxygen atoms in total. The number of nitrogens with zero attached hydrogens (tertiary/aromatic N) is 1. The molecule has 0 saturated carbocycles. The van der Waals surface area contributed by atoms with Crippen LogP contribution in [-0.2, 0) is 0 Å². The fourth-order valence-corrected chi connectivity index (χ4v) is 1.37. The van der Waals surface area contributed by atoms with Crippen molar-refractivity contribution in [1.29, 1.82) is 0 Å². The van der Waals surface area contributed by atoms with E-state index in [1.165, 1.54) is 0 Å². The number of benzene rings is 1. The average molecular weight is 208 g/mol. The maximum Gasteiger partial charge on any atom is 0.152 e. The van der Waals surface area contributed by atoms with Crippen molar-refractivity contribution in [2.24, 2.45) is 0 Å². The zero-order valence-corrected chi connectivity index (χ0v) is 8.58. The Morgan fingerprint density at radius 2 is 2.36 bits per heavy atom. The lowest BCUT2D eigenvalue weighted by Gasteiger charge is -2.17. The van der Waals surface area contributed by atoms with Crippen LogP contribution in [0.5, 0.6) is 0 Å². The van der Waals surface area contributed by atoms with Crippen LogP contribution in [0, 0.1) is 12.3 Å². The smallest absolute Gasteiger partial charge is 0.152 e. The third-order valence-corrected chi connectivity index (χ3v) is 2.09. The van der Waals surface area contributed by atoms with Crippen LogP contribution < -0.4 is 4.90 Å². The van der Waals surface area contributed by atoms with Crippen LogP contribution in [0.15, 0.2) is 18.2 Å². The van der Waals surface area contributed by atoms with Crippen LogP contribution in [0.4, 0.5) is 5.69 Å². The number of carbonyl (C=O) groups excluding carboxylic acids is 1. The van der Waals surface area contributed by atoms with Gasteiger partial charge < -0.3 is 4.90 Å². The molecule has 0 radical (unpaired) electrons. The summed E-state index contributed by atoms with van der Waals surface area (Å²) in [7, 11) is 1.83. The van der Waals surface area contributed by atoms with Crippen LogP contribution >= 0.6 is 11.6 Å². The zero-order valence-electron chi connectivity index (χ0n) is 7.83. The standard InChI is InChI=1S/C11H10ClNO/c1-3-6-13(2)11-5-4-10(12)7-9(11)8-14/h1,4-5,7-8H,6H2,2H3. The molecule has 0 aromatic heterocycles. The first-order chi connectivity index (χ1) is 6.69. The van der Waals surface area contributed by atoms with Gasteiger partial charge in [0.1, 0.15) is 0 Å². The van der Waals surface area contributed by atoms with E-state index in [2.05, 4.69) is 5.92 Å². The minimum Gasteiger partial charge on any atom is -0.363 e. The van der Waals surface area contributed by atoms with E-state index in [1.807, 2.05) is 11.9 Å². The Balaban J connectivity index is 3.08. The predicted molar refractivity (Wildman–Crippen MR) is 58.9 cm³/mol. The van der Waals surface area contributed by atoms with Crippen molar-refractivity contribution >= 4 is 23.6 Å². The topological polar surface area (TPSA) is 20.3 Å². The molecule has 0 heterocycles. The predicted octanol–water partition coefficient (Wildman–Crippen LogP) is 2.22. The minimum atomic E-state index is 0.461. The summed E-state index contributed by atoms with van der Waals surface area (Å²) in [6, 6.07) is 5.14. The zero-order chi connectivity index (χ0) is 10.6. The molecule has 0 atom stereocenters. The molecule has 0 unspecified atom stereocenters. The normalized spacial score (nSPS) is 9.21. The highest BCUT2D eigenvalue weighted by Crippen LogP contribution is 2.21. The molecule has 1 rings (SSSR count). The summed E-state index contributed by atoms with van der Waals surface area (Å²) in [4.78, 5) is 12.6. The van der Waals surface area contributed by atoms with E-state index in [-0.39, 0.29) is 0 Å². The first kappa shape index (κ1) is 10.6. The number of terminal acetylenes is 1. The molecule has 0 aliphatic rings. The number of anilines is 1. The van der Waals surface area contributed by atoms with E-state index in [0.717, 1.165) is 12.0 Å². The second-order valence-electron chi connectivity index (χ2n) is 2.88. The number of hydrogen-bond donors (Lipinski definition) is 0. The van der Waals surface area contributed by atoms with E-state index in [9.17, 15) is 4.79 Å². The van der Waals surface area contributed by atoms with Gasteiger partial charge in [0, 0.05) is 23.3 Å². The van der Waals surface area contributed by atoms with Gasteiger partial charge in [0.25, 0.3) is 0 Å². The molecule has 0 amide bonds. The summed E-state index contributed by atoms with van der Waals surface area (Å²) < 4.78 is 0. The molecular weight excluding hydrogens is 198 g/mol. The molecule has 14 heavy (non-hydrogen) atoms. The molecule has 0 N–H and O–H groups in total. The van der Waals surface area contributed by atoms with Gasteiger partial charge in [-0.3, -0.25) is 4.79 Å². The van der Waals surface area contributed by atoms with Crippen LogP contribution in [0.1, 0.15) is 10.4 Å². The van der Waals surface area contributed by atoms with Gasteiger partial charge in [-0.25, -0.2) is 0 Å². The van der Waals surface area contributed by atoms with Crippen LogP contribution in [0.2, 0.25) is 5.02 Å². The summed E-state index contributed by atoms with van der Waals surface area (Å²) in [6.07, 6.45) is 5.95. The van der Waals surface area contributed by atoms with E-state index in [1.54, 1.807) is 18.2 Å². The third kappa shape index (κ3) is 2.27. The van der Waals surface area contributed by atoms with E-state index < -0.39 is 0 Å². The summed E-state index contributed by atoms with van der Waals surface area (Å²) in [5, 5.41) is 0.546. The molecule has 0 bridgehead atoms. The fourth-order valence-electron chi connectivity index (χ4n) is 1.19. The Labute approximate surface area is 88.5 Å². The molecule has 0 spiro atoms. The highest BCUT2D eigenvalue weighted by atomic mass is 35.5. The molecule has 0 aliphatic carbocycles. The minimum absolute atomic E-state index is 0.461. The molecule has 0 saturated heterocycles. The summed E-state index contributed by atoms with van der Waals surface area (Å²) >= 11 is 5.76. The Hall–Kier alpha value is -1.46. The molecule has 72 valence electrons. The molecule has 0 fully saturated rings. The molecule has 0 aliphatic heterocycles. The van der Waals surface area contributed by atoms with Gasteiger partial charge in [-0.1, -0.05) is 17.5 Å². The van der Waals surface area contributed by atoms with Crippen LogP contribution in [0.25, 0.3) is 0 Å². The molecule has 1 aromatic carbocycles. The molecule has 3 heteroatoms. The summed E-state index contributed by atoms with van der Waals surface area (Å²) in [5.41, 5.74) is 1.35. The number of halogens is 1. The van der Waals surface area contributed by atoms with Gasteiger partial charge in [-0.2, -0.15) is 0 Å². The lowest BCUT2D eigenvalue weighted by molar-refractivity contribution is 0.112. The molecular formula is C11H10ClNO. The van der Waals surface area contributed by atoms with Gasteiger partial charge in [-0.15, -0.1) is 6.42 Å². The second kappa shape index (κ2) is 4.69. The van der Waals surface area contributed by atoms with E-state index >= 15 is 0 Å². The van der Waals surface area contributed by atoms with Crippen LogP contribution in [0.3, 0.4) is 0 Å². The Kier molecular flexibility index (Phi) is 3.55. The summed E-state index contributed by atoms with van der Waals surface area (Å²) in [5.74, 6) is 2.51. The van der Waals surface area contributed by atoms with Gasteiger partial charge >= 0.3 is 0 Å². The SMILES string of the molecule is C#CCN(C)c1ccc(Cl)cc1C=O. The highest BCUT2D eigenvalue weighted by Gasteiger charge is 2.05. The number of hydrogen-bond acceptors (Lipinski definition) is 2. The number of carbonyl (C=O) groups is 1. The van der Waals surface area contributed by atoms with Crippen molar-refractivity contribution in [1.82, 2.24) is 0 Å². The average Bonchev–Trinajstić information content (AvgIpc) is 2.17. The van der Waals surface area contributed by atoms with Crippen molar-refractivity contribution in [2.45, 2.75) is 0 Å². The Morgan fingerprint density at radius 3 is 2.93 bits per heavy atom. The van der Waals surface area contributed by atoms with Gasteiger partial charge in [-0.05, 0) is 18.2 Å². The van der Waals surface area contributed by atoms with Crippen molar-refractivity contribution in [3.63, 3.8) is 0 Å². The first-order valence-corrected chi connectivity index (χ1v) is 4.46. The lowest BCUT2D eigenvalue weighted by Crippen LogP contribution is -2.18. The van der Waals surface area contributed by atoms with Crippen molar-refractivity contribution in [2.75, 3.05) is 18.5 Å². The second-order valence-corrected chi connectivity index (χ2v) is 3.32. The van der Waals surface area contributed by atoms with E-state index in [0.29, 0.717) is 17.1 Å². The quantitative estimate of drug-likeness (QED) is 0.560. The van der Waals surface area contributed by atoms with Gasteiger partial charge in [0.15, 0.2) is 6.29 Å². The largest absolute Gasteiger partial charge is 0.363 e. The van der Waals surface area contributed by atoms with Gasteiger partial charge in [0.2, 0.25) is 0 Å². The van der Waals surface area contributed by atoms with Crippen molar-refractivity contribution in [3.8, 4) is 12.3 Å². The fraction of sp³-hybridized carbons (Fsp3) is 0.182.